The Kier molecular flexibility index (Phi) is 8.30. The Morgan fingerprint density at radius 1 is 1.00 bits per heavy atom. The maximum absolute atomic E-state index is 12.5. The Morgan fingerprint density at radius 2 is 1.61 bits per heavy atom. The van der Waals surface area contributed by atoms with Crippen LogP contribution < -0.4 is 4.74 Å². The monoisotopic (exact) mass is 404 g/mol. The molecule has 2 aromatic carbocycles. The van der Waals surface area contributed by atoms with E-state index in [2.05, 4.69) is 4.90 Å². The molecule has 2 aromatic rings. The summed E-state index contributed by atoms with van der Waals surface area (Å²) in [6, 6.07) is 15.4. The summed E-state index contributed by atoms with van der Waals surface area (Å²) in [5.41, 5.74) is 2.89. The zero-order valence-corrected chi connectivity index (χ0v) is 17.3. The van der Waals surface area contributed by atoms with E-state index < -0.39 is 6.10 Å². The number of ether oxygens (including phenoxy) is 1. The first-order valence-electron chi connectivity index (χ1n) is 9.48. The van der Waals surface area contributed by atoms with Gasteiger partial charge in [-0.1, -0.05) is 36.4 Å². The van der Waals surface area contributed by atoms with Gasteiger partial charge in [0.05, 0.1) is 0 Å². The van der Waals surface area contributed by atoms with Crippen molar-refractivity contribution >= 4 is 18.3 Å². The predicted octanol–water partition coefficient (Wildman–Crippen LogP) is 2.92. The maximum atomic E-state index is 12.5. The molecular weight excluding hydrogens is 376 g/mol. The lowest BCUT2D eigenvalue weighted by Crippen LogP contribution is -2.51. The molecule has 1 heterocycles. The summed E-state index contributed by atoms with van der Waals surface area (Å²) in [6.45, 7) is 7.73. The highest BCUT2D eigenvalue weighted by Crippen LogP contribution is 2.22. The van der Waals surface area contributed by atoms with Gasteiger partial charge in [0.2, 0.25) is 0 Å². The molecule has 28 heavy (non-hydrogen) atoms. The van der Waals surface area contributed by atoms with Crippen LogP contribution in [0.3, 0.4) is 0 Å². The first-order chi connectivity index (χ1) is 13.0. The number of rotatable bonds is 6. The van der Waals surface area contributed by atoms with Crippen molar-refractivity contribution in [3.05, 3.63) is 65.2 Å². The van der Waals surface area contributed by atoms with E-state index >= 15 is 0 Å². The lowest BCUT2D eigenvalue weighted by molar-refractivity contribution is 0.0402. The van der Waals surface area contributed by atoms with Gasteiger partial charge in [-0.25, -0.2) is 0 Å². The highest BCUT2D eigenvalue weighted by atomic mass is 35.5. The van der Waals surface area contributed by atoms with Crippen molar-refractivity contribution in [3.8, 4) is 5.75 Å². The number of piperazine rings is 1. The number of halogens is 1. The molecule has 1 saturated heterocycles. The quantitative estimate of drug-likeness (QED) is 0.804. The molecule has 0 spiro atoms. The zero-order valence-electron chi connectivity index (χ0n) is 16.5. The number of aliphatic hydroxyl groups excluding tert-OH is 1. The lowest BCUT2D eigenvalue weighted by Gasteiger charge is -2.35. The van der Waals surface area contributed by atoms with Crippen LogP contribution in [0.1, 0.15) is 21.5 Å². The number of carbonyl (C=O) groups is 1. The molecule has 0 aromatic heterocycles. The zero-order chi connectivity index (χ0) is 19.2. The van der Waals surface area contributed by atoms with Gasteiger partial charge in [0, 0.05) is 38.3 Å². The summed E-state index contributed by atoms with van der Waals surface area (Å²) in [6.07, 6.45) is -0.555. The van der Waals surface area contributed by atoms with Gasteiger partial charge >= 0.3 is 0 Å². The molecular formula is C22H29ClN2O3. The van der Waals surface area contributed by atoms with Crippen molar-refractivity contribution in [2.45, 2.75) is 20.0 Å². The largest absolute Gasteiger partial charge is 0.490 e. The number of aryl methyl sites for hydroxylation is 2. The van der Waals surface area contributed by atoms with Crippen LogP contribution in [0.15, 0.2) is 48.5 Å². The standard InChI is InChI=1S/C22H28N2O3.ClH/c1-17-7-6-8-18(2)21(17)27-16-20(25)15-23-11-13-24(14-12-23)22(26)19-9-4-3-5-10-19;/h3-10,20,25H,11-16H2,1-2H3;1H. The number of hydrogen-bond donors (Lipinski definition) is 1. The molecule has 1 atom stereocenters. The lowest BCUT2D eigenvalue weighted by atomic mass is 10.1. The van der Waals surface area contributed by atoms with E-state index in [4.69, 9.17) is 4.74 Å². The smallest absolute Gasteiger partial charge is 0.253 e. The van der Waals surface area contributed by atoms with Gasteiger partial charge < -0.3 is 14.7 Å². The predicted molar refractivity (Wildman–Crippen MR) is 113 cm³/mol. The Hall–Kier alpha value is -2.08. The fraction of sp³-hybridized carbons (Fsp3) is 0.409. The Balaban J connectivity index is 0.00000280. The first-order valence-corrected chi connectivity index (χ1v) is 9.48. The molecule has 1 fully saturated rings. The molecule has 0 bridgehead atoms. The van der Waals surface area contributed by atoms with Crippen molar-refractivity contribution in [3.63, 3.8) is 0 Å². The SMILES string of the molecule is Cc1cccc(C)c1OCC(O)CN1CCN(C(=O)c2ccccc2)CC1.Cl. The van der Waals surface area contributed by atoms with E-state index in [1.54, 1.807) is 0 Å². The Morgan fingerprint density at radius 3 is 2.21 bits per heavy atom. The second-order valence-electron chi connectivity index (χ2n) is 7.14. The van der Waals surface area contributed by atoms with E-state index in [0.717, 1.165) is 35.5 Å². The third-order valence-electron chi connectivity index (χ3n) is 4.98. The molecule has 1 amide bonds. The molecule has 6 heteroatoms. The fourth-order valence-electron chi connectivity index (χ4n) is 3.45. The van der Waals surface area contributed by atoms with Crippen molar-refractivity contribution in [2.24, 2.45) is 0 Å². The van der Waals surface area contributed by atoms with Crippen molar-refractivity contribution in [1.82, 2.24) is 9.80 Å². The van der Waals surface area contributed by atoms with Crippen LogP contribution in [0.25, 0.3) is 0 Å². The van der Waals surface area contributed by atoms with E-state index in [-0.39, 0.29) is 24.9 Å². The fourth-order valence-corrected chi connectivity index (χ4v) is 3.45. The molecule has 0 saturated carbocycles. The number of hydrogen-bond acceptors (Lipinski definition) is 4. The van der Waals surface area contributed by atoms with Gasteiger partial charge in [-0.2, -0.15) is 0 Å². The van der Waals surface area contributed by atoms with Crippen LogP contribution in [0, 0.1) is 13.8 Å². The average molecular weight is 405 g/mol. The highest BCUT2D eigenvalue weighted by Gasteiger charge is 2.23. The Labute approximate surface area is 173 Å². The summed E-state index contributed by atoms with van der Waals surface area (Å²) >= 11 is 0. The van der Waals surface area contributed by atoms with Gasteiger partial charge in [0.15, 0.2) is 0 Å². The van der Waals surface area contributed by atoms with Crippen LogP contribution in [-0.2, 0) is 0 Å². The molecule has 3 rings (SSSR count). The second-order valence-corrected chi connectivity index (χ2v) is 7.14. The number of aliphatic hydroxyl groups is 1. The topological polar surface area (TPSA) is 53.0 Å². The van der Waals surface area contributed by atoms with E-state index in [0.29, 0.717) is 19.6 Å². The van der Waals surface area contributed by atoms with E-state index in [9.17, 15) is 9.90 Å². The first kappa shape index (κ1) is 22.2. The van der Waals surface area contributed by atoms with Gasteiger partial charge in [-0.15, -0.1) is 12.4 Å². The molecule has 1 aliphatic heterocycles. The summed E-state index contributed by atoms with van der Waals surface area (Å²) in [5, 5.41) is 10.4. The van der Waals surface area contributed by atoms with Gasteiger partial charge in [0.1, 0.15) is 18.5 Å². The van der Waals surface area contributed by atoms with Crippen LogP contribution in [0.4, 0.5) is 0 Å². The minimum Gasteiger partial charge on any atom is -0.490 e. The summed E-state index contributed by atoms with van der Waals surface area (Å²) in [7, 11) is 0. The summed E-state index contributed by atoms with van der Waals surface area (Å²) in [5.74, 6) is 0.934. The van der Waals surface area contributed by atoms with Crippen molar-refractivity contribution < 1.29 is 14.6 Å². The Bertz CT molecular complexity index is 741. The molecule has 1 N–H and O–H groups in total. The third kappa shape index (κ3) is 5.71. The van der Waals surface area contributed by atoms with Crippen LogP contribution in [-0.4, -0.2) is 66.2 Å². The average Bonchev–Trinajstić information content (AvgIpc) is 2.68. The number of benzene rings is 2. The highest BCUT2D eigenvalue weighted by molar-refractivity contribution is 5.94. The summed E-state index contributed by atoms with van der Waals surface area (Å²) in [4.78, 5) is 16.6. The number of para-hydroxylation sites is 1. The number of amides is 1. The number of nitrogens with zero attached hydrogens (tertiary/aromatic N) is 2. The van der Waals surface area contributed by atoms with Crippen molar-refractivity contribution in [2.75, 3.05) is 39.3 Å². The molecule has 152 valence electrons. The molecule has 1 unspecified atom stereocenters. The number of carbonyl (C=O) groups excluding carboxylic acids is 1. The molecule has 0 radical (unpaired) electrons. The van der Waals surface area contributed by atoms with Gasteiger partial charge in [0.25, 0.3) is 5.91 Å². The second kappa shape index (κ2) is 10.5. The minimum atomic E-state index is -0.555. The van der Waals surface area contributed by atoms with Crippen LogP contribution >= 0.6 is 12.4 Å². The van der Waals surface area contributed by atoms with E-state index in [1.807, 2.05) is 67.3 Å². The van der Waals surface area contributed by atoms with Crippen LogP contribution in [0.2, 0.25) is 0 Å². The van der Waals surface area contributed by atoms with Crippen molar-refractivity contribution in [1.29, 1.82) is 0 Å². The van der Waals surface area contributed by atoms with Gasteiger partial charge in [-0.05, 0) is 37.1 Å². The van der Waals surface area contributed by atoms with Gasteiger partial charge in [-0.3, -0.25) is 9.69 Å². The van der Waals surface area contributed by atoms with E-state index in [1.165, 1.54) is 0 Å². The molecule has 1 aliphatic rings. The number of β-amino-alcohol motifs (C(OH)–C–C–N with tert-alkyl or cyclic N) is 1. The normalized spacial score (nSPS) is 15.6. The third-order valence-corrected chi connectivity index (χ3v) is 4.98. The maximum Gasteiger partial charge on any atom is 0.253 e. The summed E-state index contributed by atoms with van der Waals surface area (Å²) < 4.78 is 5.85. The molecule has 0 aliphatic carbocycles. The molecule has 5 nitrogen and oxygen atoms in total. The minimum absolute atomic E-state index is 0. The van der Waals surface area contributed by atoms with Crippen LogP contribution in [0.5, 0.6) is 5.75 Å².